The van der Waals surface area contributed by atoms with Crippen molar-refractivity contribution in [3.8, 4) is 0 Å². The van der Waals surface area contributed by atoms with E-state index < -0.39 is 0 Å². The highest BCUT2D eigenvalue weighted by Gasteiger charge is 2.04. The van der Waals surface area contributed by atoms with Gasteiger partial charge in [-0.1, -0.05) is 51.0 Å². The number of rotatable bonds is 10. The third kappa shape index (κ3) is 6.09. The lowest BCUT2D eigenvalue weighted by Crippen LogP contribution is -1.97. The van der Waals surface area contributed by atoms with E-state index >= 15 is 0 Å². The molecule has 0 heterocycles. The van der Waals surface area contributed by atoms with Crippen molar-refractivity contribution in [2.24, 2.45) is 0 Å². The van der Waals surface area contributed by atoms with E-state index in [-0.39, 0.29) is 0 Å². The van der Waals surface area contributed by atoms with Gasteiger partial charge in [-0.25, -0.2) is 0 Å². The fraction of sp³-hybridized carbons (Fsp3) is 0.579. The Morgan fingerprint density at radius 2 is 1.58 bits per heavy atom. The smallest absolute Gasteiger partial charge is 0.0276 e. The average molecular weight is 258 g/mol. The molecular weight excluding hydrogens is 228 g/mol. The number of hydrogen-bond donors (Lipinski definition) is 0. The lowest BCUT2D eigenvalue weighted by molar-refractivity contribution is 0.754. The van der Waals surface area contributed by atoms with Crippen LogP contribution in [0.5, 0.6) is 0 Å². The first-order valence-corrected chi connectivity index (χ1v) is 8.03. The minimum absolute atomic E-state index is 1.13. The summed E-state index contributed by atoms with van der Waals surface area (Å²) >= 11 is 0. The van der Waals surface area contributed by atoms with Crippen LogP contribution >= 0.6 is 0 Å². The molecule has 1 aromatic rings. The molecule has 0 saturated carbocycles. The van der Waals surface area contributed by atoms with Crippen molar-refractivity contribution in [1.29, 1.82) is 0 Å². The molecule has 106 valence electrons. The molecule has 0 heteroatoms. The van der Waals surface area contributed by atoms with Gasteiger partial charge in [0.25, 0.3) is 0 Å². The summed E-state index contributed by atoms with van der Waals surface area (Å²) in [7, 11) is 0. The summed E-state index contributed by atoms with van der Waals surface area (Å²) in [4.78, 5) is 0. The molecule has 0 amide bonds. The normalized spacial score (nSPS) is 10.6. The third-order valence-corrected chi connectivity index (χ3v) is 3.74. The van der Waals surface area contributed by atoms with E-state index in [0.29, 0.717) is 0 Å². The van der Waals surface area contributed by atoms with E-state index in [1.807, 2.05) is 6.08 Å². The van der Waals surface area contributed by atoms with Crippen molar-refractivity contribution < 1.29 is 0 Å². The van der Waals surface area contributed by atoms with E-state index in [0.717, 1.165) is 6.42 Å². The number of allylic oxidation sites excluding steroid dienone is 1. The Balaban J connectivity index is 2.71. The van der Waals surface area contributed by atoms with Crippen molar-refractivity contribution in [3.05, 3.63) is 47.5 Å². The van der Waals surface area contributed by atoms with Gasteiger partial charge in [-0.05, 0) is 61.6 Å². The predicted octanol–water partition coefficient (Wildman–Crippen LogP) is 5.88. The summed E-state index contributed by atoms with van der Waals surface area (Å²) < 4.78 is 0. The predicted molar refractivity (Wildman–Crippen MR) is 86.8 cm³/mol. The Morgan fingerprint density at radius 1 is 0.895 bits per heavy atom. The van der Waals surface area contributed by atoms with Gasteiger partial charge < -0.3 is 0 Å². The summed E-state index contributed by atoms with van der Waals surface area (Å²) in [5.41, 5.74) is 4.70. The van der Waals surface area contributed by atoms with Crippen LogP contribution in [0.15, 0.2) is 30.9 Å². The van der Waals surface area contributed by atoms with E-state index in [9.17, 15) is 0 Å². The van der Waals surface area contributed by atoms with Gasteiger partial charge in [0.1, 0.15) is 0 Å². The van der Waals surface area contributed by atoms with Gasteiger partial charge in [-0.2, -0.15) is 0 Å². The second-order valence-electron chi connectivity index (χ2n) is 5.49. The Bertz CT molecular complexity index is 362. The SMILES string of the molecule is C=CCCCc1ccc(CCCC)c(CCCC)c1. The van der Waals surface area contributed by atoms with Crippen molar-refractivity contribution in [2.75, 3.05) is 0 Å². The standard InChI is InChI=1S/C19H30/c1-4-7-10-11-17-14-15-18(12-8-5-2)19(16-17)13-9-6-3/h4,14-16H,1,5-13H2,2-3H3. The summed E-state index contributed by atoms with van der Waals surface area (Å²) in [5.74, 6) is 0. The van der Waals surface area contributed by atoms with E-state index in [4.69, 9.17) is 0 Å². The van der Waals surface area contributed by atoms with Crippen molar-refractivity contribution >= 4 is 0 Å². The van der Waals surface area contributed by atoms with Gasteiger partial charge >= 0.3 is 0 Å². The zero-order valence-corrected chi connectivity index (χ0v) is 12.9. The zero-order chi connectivity index (χ0) is 13.9. The highest BCUT2D eigenvalue weighted by Crippen LogP contribution is 2.18. The van der Waals surface area contributed by atoms with Gasteiger partial charge in [-0.15, -0.1) is 6.58 Å². The Hall–Kier alpha value is -1.04. The van der Waals surface area contributed by atoms with Crippen molar-refractivity contribution in [1.82, 2.24) is 0 Å². The molecule has 0 bridgehead atoms. The number of aryl methyl sites for hydroxylation is 3. The molecule has 1 aromatic carbocycles. The number of benzene rings is 1. The van der Waals surface area contributed by atoms with Crippen LogP contribution in [0, 0.1) is 0 Å². The Labute approximate surface area is 119 Å². The minimum atomic E-state index is 1.13. The molecule has 0 spiro atoms. The van der Waals surface area contributed by atoms with Crippen LogP contribution in [0.4, 0.5) is 0 Å². The van der Waals surface area contributed by atoms with Crippen LogP contribution in [0.1, 0.15) is 69.1 Å². The zero-order valence-electron chi connectivity index (χ0n) is 12.9. The van der Waals surface area contributed by atoms with Gasteiger partial charge in [-0.3, -0.25) is 0 Å². The van der Waals surface area contributed by atoms with Crippen LogP contribution in [-0.2, 0) is 19.3 Å². The van der Waals surface area contributed by atoms with Crippen LogP contribution in [0.2, 0.25) is 0 Å². The quantitative estimate of drug-likeness (QED) is 0.363. The average Bonchev–Trinajstić information content (AvgIpc) is 2.44. The van der Waals surface area contributed by atoms with E-state index in [2.05, 4.69) is 38.6 Å². The topological polar surface area (TPSA) is 0 Å². The van der Waals surface area contributed by atoms with Crippen LogP contribution in [-0.4, -0.2) is 0 Å². The minimum Gasteiger partial charge on any atom is -0.103 e. The molecule has 19 heavy (non-hydrogen) atoms. The highest BCUT2D eigenvalue weighted by atomic mass is 14.1. The number of hydrogen-bond acceptors (Lipinski definition) is 0. The van der Waals surface area contributed by atoms with Crippen LogP contribution in [0.25, 0.3) is 0 Å². The summed E-state index contributed by atoms with van der Waals surface area (Å²) in [6, 6.07) is 7.18. The summed E-state index contributed by atoms with van der Waals surface area (Å²) in [6.45, 7) is 8.35. The van der Waals surface area contributed by atoms with E-state index in [1.54, 1.807) is 11.1 Å². The second-order valence-corrected chi connectivity index (χ2v) is 5.49. The second kappa shape index (κ2) is 9.83. The highest BCUT2D eigenvalue weighted by molar-refractivity contribution is 5.32. The maximum Gasteiger partial charge on any atom is -0.0276 e. The van der Waals surface area contributed by atoms with Gasteiger partial charge in [0.2, 0.25) is 0 Å². The lowest BCUT2D eigenvalue weighted by Gasteiger charge is -2.11. The van der Waals surface area contributed by atoms with Crippen LogP contribution in [0.3, 0.4) is 0 Å². The Kier molecular flexibility index (Phi) is 8.29. The molecule has 0 aliphatic heterocycles. The van der Waals surface area contributed by atoms with Gasteiger partial charge in [0.15, 0.2) is 0 Å². The molecule has 0 unspecified atom stereocenters. The maximum absolute atomic E-state index is 3.80. The molecule has 0 saturated heterocycles. The van der Waals surface area contributed by atoms with Gasteiger partial charge in [0, 0.05) is 0 Å². The number of unbranched alkanes of at least 4 members (excludes halogenated alkanes) is 3. The molecule has 0 atom stereocenters. The first-order chi connectivity index (χ1) is 9.31. The first-order valence-electron chi connectivity index (χ1n) is 8.03. The Morgan fingerprint density at radius 3 is 2.21 bits per heavy atom. The fourth-order valence-corrected chi connectivity index (χ4v) is 2.50. The van der Waals surface area contributed by atoms with Crippen molar-refractivity contribution in [3.63, 3.8) is 0 Å². The summed E-state index contributed by atoms with van der Waals surface area (Å²) in [6.07, 6.45) is 13.3. The summed E-state index contributed by atoms with van der Waals surface area (Å²) in [5, 5.41) is 0. The lowest BCUT2D eigenvalue weighted by atomic mass is 9.94. The molecule has 0 aliphatic carbocycles. The van der Waals surface area contributed by atoms with Crippen molar-refractivity contribution in [2.45, 2.75) is 71.6 Å². The molecule has 0 radical (unpaired) electrons. The molecule has 0 aromatic heterocycles. The molecule has 0 fully saturated rings. The largest absolute Gasteiger partial charge is 0.103 e. The van der Waals surface area contributed by atoms with Gasteiger partial charge in [0.05, 0.1) is 0 Å². The first kappa shape index (κ1) is 16.0. The van der Waals surface area contributed by atoms with Crippen LogP contribution < -0.4 is 0 Å². The molecular formula is C19H30. The molecule has 1 rings (SSSR count). The fourth-order valence-electron chi connectivity index (χ4n) is 2.50. The monoisotopic (exact) mass is 258 g/mol. The van der Waals surface area contributed by atoms with E-state index in [1.165, 1.54) is 56.9 Å². The molecule has 0 nitrogen and oxygen atoms in total. The molecule has 0 N–H and O–H groups in total. The molecule has 0 aliphatic rings. The third-order valence-electron chi connectivity index (χ3n) is 3.74. The maximum atomic E-state index is 3.80.